The molecule has 1 aliphatic heterocycles. The Kier molecular flexibility index (Phi) is 3.01. The highest BCUT2D eigenvalue weighted by molar-refractivity contribution is 7.87. The lowest BCUT2D eigenvalue weighted by atomic mass is 10.2. The first-order chi connectivity index (χ1) is 7.90. The first-order valence-corrected chi connectivity index (χ1v) is 7.08. The van der Waals surface area contributed by atoms with Gasteiger partial charge in [-0.1, -0.05) is 6.08 Å². The standard InChI is InChI=1S/C10H17N3O3S/c1-2-8-7-10(8,11)9(14)12-17(15,16)13-5-3-4-6-13/h2,8H,1,3-7,11H2,(H,12,14)/t8-,10-/m1/s1. The van der Waals surface area contributed by atoms with Gasteiger partial charge in [0.2, 0.25) is 0 Å². The van der Waals surface area contributed by atoms with Gasteiger partial charge in [-0.3, -0.25) is 4.79 Å². The number of hydrogen-bond acceptors (Lipinski definition) is 4. The van der Waals surface area contributed by atoms with Crippen LogP contribution in [0.25, 0.3) is 0 Å². The molecule has 1 heterocycles. The summed E-state index contributed by atoms with van der Waals surface area (Å²) in [6.45, 7) is 4.48. The minimum absolute atomic E-state index is 0.128. The predicted molar refractivity (Wildman–Crippen MR) is 63.1 cm³/mol. The van der Waals surface area contributed by atoms with Gasteiger partial charge in [0, 0.05) is 19.0 Å². The molecule has 0 unspecified atom stereocenters. The first kappa shape index (κ1) is 12.5. The van der Waals surface area contributed by atoms with E-state index in [-0.39, 0.29) is 5.92 Å². The molecule has 0 radical (unpaired) electrons. The molecule has 0 aromatic carbocycles. The van der Waals surface area contributed by atoms with Gasteiger partial charge in [-0.2, -0.15) is 12.7 Å². The summed E-state index contributed by atoms with van der Waals surface area (Å²) in [4.78, 5) is 11.8. The molecule has 17 heavy (non-hydrogen) atoms. The van der Waals surface area contributed by atoms with Gasteiger partial charge in [0.25, 0.3) is 5.91 Å². The molecule has 0 bridgehead atoms. The van der Waals surface area contributed by atoms with E-state index in [9.17, 15) is 13.2 Å². The van der Waals surface area contributed by atoms with Crippen LogP contribution in [0.15, 0.2) is 12.7 Å². The van der Waals surface area contributed by atoms with Crippen LogP contribution in [0.4, 0.5) is 0 Å². The van der Waals surface area contributed by atoms with Crippen molar-refractivity contribution in [2.45, 2.75) is 24.8 Å². The molecule has 0 aromatic heterocycles. The molecule has 1 saturated heterocycles. The van der Waals surface area contributed by atoms with Crippen molar-refractivity contribution in [1.82, 2.24) is 9.03 Å². The Hall–Kier alpha value is -0.920. The van der Waals surface area contributed by atoms with E-state index in [1.54, 1.807) is 6.08 Å². The maximum atomic E-state index is 11.8. The van der Waals surface area contributed by atoms with Crippen LogP contribution in [0.2, 0.25) is 0 Å². The number of carbonyl (C=O) groups excluding carboxylic acids is 1. The van der Waals surface area contributed by atoms with Crippen molar-refractivity contribution in [3.05, 3.63) is 12.7 Å². The molecule has 7 heteroatoms. The molecule has 6 nitrogen and oxygen atoms in total. The molecule has 2 rings (SSSR count). The Morgan fingerprint density at radius 3 is 2.53 bits per heavy atom. The molecule has 2 fully saturated rings. The third-order valence-electron chi connectivity index (χ3n) is 3.39. The molecule has 3 N–H and O–H groups in total. The van der Waals surface area contributed by atoms with Crippen molar-refractivity contribution in [3.63, 3.8) is 0 Å². The molecule has 1 amide bonds. The molecule has 96 valence electrons. The number of amides is 1. The van der Waals surface area contributed by atoms with E-state index in [1.807, 2.05) is 0 Å². The van der Waals surface area contributed by atoms with Crippen molar-refractivity contribution in [2.75, 3.05) is 13.1 Å². The zero-order valence-electron chi connectivity index (χ0n) is 9.55. The maximum absolute atomic E-state index is 11.8. The van der Waals surface area contributed by atoms with Gasteiger partial charge in [-0.25, -0.2) is 4.72 Å². The fraction of sp³-hybridized carbons (Fsp3) is 0.700. The second-order valence-corrected chi connectivity index (χ2v) is 6.30. The molecule has 2 atom stereocenters. The van der Waals surface area contributed by atoms with Crippen molar-refractivity contribution >= 4 is 16.1 Å². The SMILES string of the molecule is C=C[C@@H]1C[C@]1(N)C(=O)NS(=O)(=O)N1CCCC1. The van der Waals surface area contributed by atoms with Crippen molar-refractivity contribution in [2.24, 2.45) is 11.7 Å². The normalized spacial score (nSPS) is 33.4. The predicted octanol–water partition coefficient (Wildman–Crippen LogP) is -0.653. The van der Waals surface area contributed by atoms with Crippen LogP contribution in [-0.4, -0.2) is 37.3 Å². The quantitative estimate of drug-likeness (QED) is 0.656. The summed E-state index contributed by atoms with van der Waals surface area (Å²) in [6, 6.07) is 0. The van der Waals surface area contributed by atoms with Crippen molar-refractivity contribution < 1.29 is 13.2 Å². The van der Waals surface area contributed by atoms with Gasteiger partial charge < -0.3 is 5.73 Å². The molecule has 1 aliphatic carbocycles. The maximum Gasteiger partial charge on any atom is 0.303 e. The zero-order chi connectivity index (χ0) is 12.7. The number of nitrogens with one attached hydrogen (secondary N) is 1. The van der Waals surface area contributed by atoms with E-state index in [0.717, 1.165) is 12.8 Å². The summed E-state index contributed by atoms with van der Waals surface area (Å²) in [5.41, 5.74) is 4.70. The van der Waals surface area contributed by atoms with Gasteiger partial charge in [0.15, 0.2) is 0 Å². The van der Waals surface area contributed by atoms with E-state index in [2.05, 4.69) is 11.3 Å². The van der Waals surface area contributed by atoms with Gasteiger partial charge in [-0.15, -0.1) is 6.58 Å². The monoisotopic (exact) mass is 259 g/mol. The molecular formula is C10H17N3O3S. The Balaban J connectivity index is 2.01. The van der Waals surface area contributed by atoms with E-state index < -0.39 is 21.7 Å². The molecule has 0 aromatic rings. The number of nitrogens with zero attached hydrogens (tertiary/aromatic N) is 1. The lowest BCUT2D eigenvalue weighted by Gasteiger charge is -2.18. The lowest BCUT2D eigenvalue weighted by Crippen LogP contribution is -2.50. The van der Waals surface area contributed by atoms with E-state index in [4.69, 9.17) is 5.73 Å². The average molecular weight is 259 g/mol. The van der Waals surface area contributed by atoms with Crippen LogP contribution in [-0.2, 0) is 15.0 Å². The number of carbonyl (C=O) groups is 1. The second kappa shape index (κ2) is 4.08. The Labute approximate surface area is 101 Å². The minimum Gasteiger partial charge on any atom is -0.317 e. The van der Waals surface area contributed by atoms with Crippen LogP contribution in [0.1, 0.15) is 19.3 Å². The van der Waals surface area contributed by atoms with Crippen LogP contribution in [0.5, 0.6) is 0 Å². The smallest absolute Gasteiger partial charge is 0.303 e. The summed E-state index contributed by atoms with van der Waals surface area (Å²) >= 11 is 0. The summed E-state index contributed by atoms with van der Waals surface area (Å²) in [7, 11) is -3.71. The van der Waals surface area contributed by atoms with Crippen LogP contribution in [0.3, 0.4) is 0 Å². The average Bonchev–Trinajstić information content (AvgIpc) is 2.72. The zero-order valence-corrected chi connectivity index (χ0v) is 10.4. The minimum atomic E-state index is -3.71. The summed E-state index contributed by atoms with van der Waals surface area (Å²) in [6.07, 6.45) is 3.70. The Morgan fingerprint density at radius 2 is 2.06 bits per heavy atom. The third-order valence-corrected chi connectivity index (χ3v) is 4.88. The summed E-state index contributed by atoms with van der Waals surface area (Å²) in [5, 5.41) is 0. The van der Waals surface area contributed by atoms with Crippen LogP contribution in [0, 0.1) is 5.92 Å². The third kappa shape index (κ3) is 2.22. The van der Waals surface area contributed by atoms with Crippen molar-refractivity contribution in [3.8, 4) is 0 Å². The fourth-order valence-electron chi connectivity index (χ4n) is 2.06. The fourth-order valence-corrected chi connectivity index (χ4v) is 3.36. The van der Waals surface area contributed by atoms with Crippen LogP contribution < -0.4 is 10.5 Å². The highest BCUT2D eigenvalue weighted by atomic mass is 32.2. The number of nitrogens with two attached hydrogens (primary N) is 1. The lowest BCUT2D eigenvalue weighted by molar-refractivity contribution is -0.121. The highest BCUT2D eigenvalue weighted by Crippen LogP contribution is 2.42. The summed E-state index contributed by atoms with van der Waals surface area (Å²) in [5.74, 6) is -0.759. The van der Waals surface area contributed by atoms with E-state index in [1.165, 1.54) is 4.31 Å². The molecule has 1 saturated carbocycles. The van der Waals surface area contributed by atoms with E-state index in [0.29, 0.717) is 19.5 Å². The van der Waals surface area contributed by atoms with Gasteiger partial charge in [-0.05, 0) is 19.3 Å². The van der Waals surface area contributed by atoms with Gasteiger partial charge in [0.1, 0.15) is 5.54 Å². The Morgan fingerprint density at radius 1 is 1.47 bits per heavy atom. The number of rotatable bonds is 4. The summed E-state index contributed by atoms with van der Waals surface area (Å²) < 4.78 is 27.0. The molecule has 0 spiro atoms. The first-order valence-electron chi connectivity index (χ1n) is 5.64. The van der Waals surface area contributed by atoms with Crippen LogP contribution >= 0.6 is 0 Å². The molecule has 2 aliphatic rings. The Bertz CT molecular complexity index is 442. The van der Waals surface area contributed by atoms with Crippen molar-refractivity contribution in [1.29, 1.82) is 0 Å². The number of hydrogen-bond donors (Lipinski definition) is 2. The largest absolute Gasteiger partial charge is 0.317 e. The van der Waals surface area contributed by atoms with Gasteiger partial charge >= 0.3 is 10.2 Å². The van der Waals surface area contributed by atoms with Gasteiger partial charge in [0.05, 0.1) is 0 Å². The highest BCUT2D eigenvalue weighted by Gasteiger charge is 2.56. The molecular weight excluding hydrogens is 242 g/mol. The topological polar surface area (TPSA) is 92.5 Å². The second-order valence-electron chi connectivity index (χ2n) is 4.63. The van der Waals surface area contributed by atoms with E-state index >= 15 is 0 Å².